The highest BCUT2D eigenvalue weighted by Crippen LogP contribution is 2.24. The van der Waals surface area contributed by atoms with Crippen LogP contribution in [-0.4, -0.2) is 43.5 Å². The Bertz CT molecular complexity index is 795. The number of anilines is 1. The maximum absolute atomic E-state index is 12.1. The number of carbonyl (C=O) groups excluding carboxylic acids is 1. The van der Waals surface area contributed by atoms with Crippen LogP contribution in [0.4, 0.5) is 5.69 Å². The molecule has 6 heteroatoms. The van der Waals surface area contributed by atoms with Gasteiger partial charge in [0.25, 0.3) is 0 Å². The number of nitrogens with one attached hydrogen (secondary N) is 1. The van der Waals surface area contributed by atoms with E-state index in [2.05, 4.69) is 21.2 Å². The molecule has 0 aliphatic carbocycles. The van der Waals surface area contributed by atoms with Crippen molar-refractivity contribution in [3.05, 3.63) is 64.7 Å². The van der Waals surface area contributed by atoms with Crippen LogP contribution in [0.3, 0.4) is 0 Å². The summed E-state index contributed by atoms with van der Waals surface area (Å²) in [6.45, 7) is 4.26. The molecule has 1 aliphatic rings. The molecule has 1 fully saturated rings. The Morgan fingerprint density at radius 2 is 1.85 bits per heavy atom. The first-order valence-electron chi connectivity index (χ1n) is 8.63. The number of nitrogens with zero attached hydrogens (tertiary/aromatic N) is 3. The van der Waals surface area contributed by atoms with Gasteiger partial charge in [0, 0.05) is 38.4 Å². The lowest BCUT2D eigenvalue weighted by Gasteiger charge is -2.35. The van der Waals surface area contributed by atoms with Crippen molar-refractivity contribution in [3.8, 4) is 6.07 Å². The molecule has 0 radical (unpaired) electrons. The van der Waals surface area contributed by atoms with E-state index in [1.165, 1.54) is 0 Å². The number of rotatable bonds is 5. The third-order valence-corrected chi connectivity index (χ3v) is 4.82. The topological polar surface area (TPSA) is 59.4 Å². The number of halogens is 1. The second-order valence-electron chi connectivity index (χ2n) is 6.30. The molecule has 0 unspecified atom stereocenters. The smallest absolute Gasteiger partial charge is 0.234 e. The Labute approximate surface area is 158 Å². The van der Waals surface area contributed by atoms with Gasteiger partial charge in [-0.15, -0.1) is 0 Å². The van der Waals surface area contributed by atoms with Crippen molar-refractivity contribution in [3.63, 3.8) is 0 Å². The van der Waals surface area contributed by atoms with E-state index in [4.69, 9.17) is 16.9 Å². The SMILES string of the molecule is N#Cc1ccc(N2CCN(CC(=O)NCc3ccccc3)CC2)cc1Cl. The Morgan fingerprint density at radius 1 is 1.12 bits per heavy atom. The Hall–Kier alpha value is -2.55. The monoisotopic (exact) mass is 368 g/mol. The van der Waals surface area contributed by atoms with Crippen molar-refractivity contribution < 1.29 is 4.79 Å². The largest absolute Gasteiger partial charge is 0.369 e. The Morgan fingerprint density at radius 3 is 2.50 bits per heavy atom. The summed E-state index contributed by atoms with van der Waals surface area (Å²) in [6, 6.07) is 17.5. The Balaban J connectivity index is 1.45. The average molecular weight is 369 g/mol. The summed E-state index contributed by atoms with van der Waals surface area (Å²) in [6.07, 6.45) is 0. The molecule has 26 heavy (non-hydrogen) atoms. The molecule has 134 valence electrons. The van der Waals surface area contributed by atoms with E-state index in [0.717, 1.165) is 37.4 Å². The van der Waals surface area contributed by atoms with Gasteiger partial charge in [0.15, 0.2) is 0 Å². The number of benzene rings is 2. The van der Waals surface area contributed by atoms with Crippen molar-refractivity contribution in [2.45, 2.75) is 6.54 Å². The van der Waals surface area contributed by atoms with E-state index in [1.54, 1.807) is 6.07 Å². The Kier molecular flexibility index (Phi) is 6.11. The van der Waals surface area contributed by atoms with Gasteiger partial charge in [0.2, 0.25) is 5.91 Å². The van der Waals surface area contributed by atoms with E-state index in [9.17, 15) is 4.79 Å². The van der Waals surface area contributed by atoms with E-state index in [-0.39, 0.29) is 5.91 Å². The number of piperazine rings is 1. The van der Waals surface area contributed by atoms with Crippen LogP contribution in [0.1, 0.15) is 11.1 Å². The molecular formula is C20H21ClN4O. The first-order chi connectivity index (χ1) is 12.7. The number of hydrogen-bond donors (Lipinski definition) is 1. The van der Waals surface area contributed by atoms with Gasteiger partial charge < -0.3 is 10.2 Å². The average Bonchev–Trinajstić information content (AvgIpc) is 2.68. The predicted molar refractivity (Wildman–Crippen MR) is 103 cm³/mol. The fourth-order valence-corrected chi connectivity index (χ4v) is 3.23. The van der Waals surface area contributed by atoms with E-state index in [1.807, 2.05) is 42.5 Å². The van der Waals surface area contributed by atoms with Crippen molar-refractivity contribution >= 4 is 23.2 Å². The molecule has 1 saturated heterocycles. The van der Waals surface area contributed by atoms with Crippen LogP contribution in [0.2, 0.25) is 5.02 Å². The summed E-state index contributed by atoms with van der Waals surface area (Å²) in [5.74, 6) is 0.0451. The molecule has 2 aromatic rings. The standard InChI is InChI=1S/C20H21ClN4O/c21-19-12-18(7-6-17(19)13-22)25-10-8-24(9-11-25)15-20(26)23-14-16-4-2-1-3-5-16/h1-7,12H,8-11,14-15H2,(H,23,26). The summed E-state index contributed by atoms with van der Waals surface area (Å²) < 4.78 is 0. The van der Waals surface area contributed by atoms with Crippen molar-refractivity contribution in [2.75, 3.05) is 37.6 Å². The number of nitriles is 1. The van der Waals surface area contributed by atoms with Crippen LogP contribution >= 0.6 is 11.6 Å². The van der Waals surface area contributed by atoms with Crippen LogP contribution in [0.15, 0.2) is 48.5 Å². The zero-order chi connectivity index (χ0) is 18.4. The van der Waals surface area contributed by atoms with Crippen LogP contribution in [0, 0.1) is 11.3 Å². The zero-order valence-corrected chi connectivity index (χ0v) is 15.2. The molecule has 1 aliphatic heterocycles. The molecule has 1 amide bonds. The summed E-state index contributed by atoms with van der Waals surface area (Å²) in [4.78, 5) is 16.5. The maximum Gasteiger partial charge on any atom is 0.234 e. The molecule has 0 aromatic heterocycles. The lowest BCUT2D eigenvalue weighted by molar-refractivity contribution is -0.122. The molecule has 5 nitrogen and oxygen atoms in total. The summed E-state index contributed by atoms with van der Waals surface area (Å²) in [5.41, 5.74) is 2.61. The predicted octanol–water partition coefficient (Wildman–Crippen LogP) is 2.65. The second-order valence-corrected chi connectivity index (χ2v) is 6.71. The van der Waals surface area contributed by atoms with Gasteiger partial charge in [-0.2, -0.15) is 5.26 Å². The summed E-state index contributed by atoms with van der Waals surface area (Å²) >= 11 is 6.12. The minimum Gasteiger partial charge on any atom is -0.369 e. The van der Waals surface area contributed by atoms with Gasteiger partial charge >= 0.3 is 0 Å². The molecular weight excluding hydrogens is 348 g/mol. The van der Waals surface area contributed by atoms with Gasteiger partial charge in [-0.05, 0) is 23.8 Å². The highest BCUT2D eigenvalue weighted by molar-refractivity contribution is 6.32. The van der Waals surface area contributed by atoms with Gasteiger partial charge in [0.1, 0.15) is 6.07 Å². The van der Waals surface area contributed by atoms with Crippen LogP contribution in [-0.2, 0) is 11.3 Å². The fraction of sp³-hybridized carbons (Fsp3) is 0.300. The summed E-state index contributed by atoms with van der Waals surface area (Å²) in [7, 11) is 0. The van der Waals surface area contributed by atoms with E-state index >= 15 is 0 Å². The molecule has 0 saturated carbocycles. The highest BCUT2D eigenvalue weighted by Gasteiger charge is 2.19. The summed E-state index contributed by atoms with van der Waals surface area (Å²) in [5, 5.41) is 12.4. The molecule has 1 heterocycles. The van der Waals surface area contributed by atoms with Crippen LogP contribution in [0.5, 0.6) is 0 Å². The zero-order valence-electron chi connectivity index (χ0n) is 14.5. The third-order valence-electron chi connectivity index (χ3n) is 4.51. The van der Waals surface area contributed by atoms with Crippen molar-refractivity contribution in [1.29, 1.82) is 5.26 Å². The first-order valence-corrected chi connectivity index (χ1v) is 9.01. The van der Waals surface area contributed by atoms with Crippen molar-refractivity contribution in [1.82, 2.24) is 10.2 Å². The minimum absolute atomic E-state index is 0.0451. The normalized spacial score (nSPS) is 14.7. The van der Waals surface area contributed by atoms with Crippen LogP contribution < -0.4 is 10.2 Å². The highest BCUT2D eigenvalue weighted by atomic mass is 35.5. The fourth-order valence-electron chi connectivity index (χ4n) is 3.01. The van der Waals surface area contributed by atoms with E-state index in [0.29, 0.717) is 23.7 Å². The molecule has 0 bridgehead atoms. The molecule has 0 spiro atoms. The maximum atomic E-state index is 12.1. The number of carbonyl (C=O) groups is 1. The molecule has 2 aromatic carbocycles. The molecule has 0 atom stereocenters. The molecule has 1 N–H and O–H groups in total. The van der Waals surface area contributed by atoms with Gasteiger partial charge in [0.05, 0.1) is 17.1 Å². The first kappa shape index (κ1) is 18.2. The molecule has 3 rings (SSSR count). The van der Waals surface area contributed by atoms with Crippen LogP contribution in [0.25, 0.3) is 0 Å². The van der Waals surface area contributed by atoms with Crippen molar-refractivity contribution in [2.24, 2.45) is 0 Å². The third kappa shape index (κ3) is 4.75. The lowest BCUT2D eigenvalue weighted by atomic mass is 10.2. The quantitative estimate of drug-likeness (QED) is 0.881. The van der Waals surface area contributed by atoms with Gasteiger partial charge in [-0.3, -0.25) is 9.69 Å². The minimum atomic E-state index is 0.0451. The lowest BCUT2D eigenvalue weighted by Crippen LogP contribution is -2.49. The van der Waals surface area contributed by atoms with Gasteiger partial charge in [-0.25, -0.2) is 0 Å². The van der Waals surface area contributed by atoms with Gasteiger partial charge in [-0.1, -0.05) is 41.9 Å². The number of hydrogen-bond acceptors (Lipinski definition) is 4. The second kappa shape index (κ2) is 8.70. The number of amides is 1. The van der Waals surface area contributed by atoms with E-state index < -0.39 is 0 Å².